The number of carbonyl (C=O) groups excluding carboxylic acids is 1. The molecular weight excluding hydrogens is 529 g/mol. The molecule has 186 valence electrons. The third kappa shape index (κ3) is 6.31. The van der Waals surface area contributed by atoms with Crippen LogP contribution >= 0.6 is 34.5 Å². The molecule has 1 aromatic heterocycles. The first-order valence-corrected chi connectivity index (χ1v) is 14.1. The molecular formula is C23H25Cl2N5O3S2. The van der Waals surface area contributed by atoms with Crippen LogP contribution in [0.15, 0.2) is 46.8 Å². The van der Waals surface area contributed by atoms with Crippen LogP contribution in [0.4, 0.5) is 10.8 Å². The standard InChI is InChI=1S/C23H25Cl2N5O3S2/c1-14-9-11-30(12-10-14)18-6-3-16(4-7-18)15(2)29-35(32,33)23-28-27-22(34-23)26-21(31)19-8-5-17(24)13-20(19)25/h3-8,13-15,29H,9-12H2,1-2H3,(H,26,27,31). The van der Waals surface area contributed by atoms with Gasteiger partial charge in [0.25, 0.3) is 15.9 Å². The number of rotatable bonds is 7. The predicted octanol–water partition coefficient (Wildman–Crippen LogP) is 5.37. The second kappa shape index (κ2) is 10.8. The fourth-order valence-electron chi connectivity index (χ4n) is 3.80. The Morgan fingerprint density at radius 3 is 2.46 bits per heavy atom. The van der Waals surface area contributed by atoms with E-state index in [0.29, 0.717) is 5.02 Å². The van der Waals surface area contributed by atoms with E-state index in [1.807, 2.05) is 24.3 Å². The number of sulfonamides is 1. The largest absolute Gasteiger partial charge is 0.372 e. The number of nitrogens with one attached hydrogen (secondary N) is 2. The summed E-state index contributed by atoms with van der Waals surface area (Å²) in [5, 5.41) is 10.6. The molecule has 0 aliphatic carbocycles. The van der Waals surface area contributed by atoms with Crippen LogP contribution in [0, 0.1) is 5.92 Å². The maximum atomic E-state index is 12.9. The minimum absolute atomic E-state index is 0.0363. The highest BCUT2D eigenvalue weighted by Gasteiger charge is 2.24. The maximum Gasteiger partial charge on any atom is 0.270 e. The van der Waals surface area contributed by atoms with Crippen molar-refractivity contribution < 1.29 is 13.2 Å². The second-order valence-corrected chi connectivity index (χ2v) is 12.3. The third-order valence-electron chi connectivity index (χ3n) is 5.91. The van der Waals surface area contributed by atoms with Crippen molar-refractivity contribution in [2.24, 2.45) is 5.92 Å². The van der Waals surface area contributed by atoms with Crippen molar-refractivity contribution in [2.45, 2.75) is 37.1 Å². The Labute approximate surface area is 218 Å². The lowest BCUT2D eigenvalue weighted by Gasteiger charge is -2.32. The molecule has 1 saturated heterocycles. The van der Waals surface area contributed by atoms with E-state index < -0.39 is 22.0 Å². The summed E-state index contributed by atoms with van der Waals surface area (Å²) in [4.78, 5) is 14.8. The van der Waals surface area contributed by atoms with Crippen LogP contribution < -0.4 is 14.9 Å². The number of halogens is 2. The SMILES string of the molecule is CC1CCN(c2ccc(C(C)NS(=O)(=O)c3nnc(NC(=O)c4ccc(Cl)cc4Cl)s3)cc2)CC1. The number of hydrogen-bond donors (Lipinski definition) is 2. The molecule has 2 N–H and O–H groups in total. The fraction of sp³-hybridized carbons (Fsp3) is 0.348. The molecule has 1 amide bonds. The molecule has 12 heteroatoms. The first-order chi connectivity index (χ1) is 16.6. The van der Waals surface area contributed by atoms with Gasteiger partial charge in [0.2, 0.25) is 9.47 Å². The molecule has 2 heterocycles. The van der Waals surface area contributed by atoms with E-state index in [4.69, 9.17) is 23.2 Å². The molecule has 1 atom stereocenters. The molecule has 8 nitrogen and oxygen atoms in total. The van der Waals surface area contributed by atoms with Crippen molar-refractivity contribution in [3.05, 3.63) is 63.6 Å². The van der Waals surface area contributed by atoms with Gasteiger partial charge in [0, 0.05) is 29.8 Å². The summed E-state index contributed by atoms with van der Waals surface area (Å²) >= 11 is 12.7. The van der Waals surface area contributed by atoms with Crippen LogP contribution in [0.2, 0.25) is 10.0 Å². The van der Waals surface area contributed by atoms with Crippen molar-refractivity contribution >= 4 is 61.3 Å². The van der Waals surface area contributed by atoms with Crippen molar-refractivity contribution in [3.63, 3.8) is 0 Å². The van der Waals surface area contributed by atoms with E-state index in [1.54, 1.807) is 6.92 Å². The van der Waals surface area contributed by atoms with E-state index in [2.05, 4.69) is 32.1 Å². The van der Waals surface area contributed by atoms with Gasteiger partial charge in [-0.15, -0.1) is 10.2 Å². The number of carbonyl (C=O) groups is 1. The van der Waals surface area contributed by atoms with Gasteiger partial charge in [-0.25, -0.2) is 13.1 Å². The number of hydrogen-bond acceptors (Lipinski definition) is 7. The van der Waals surface area contributed by atoms with Gasteiger partial charge in [-0.3, -0.25) is 10.1 Å². The average Bonchev–Trinajstić information content (AvgIpc) is 3.29. The zero-order valence-electron chi connectivity index (χ0n) is 19.2. The van der Waals surface area contributed by atoms with Crippen LogP contribution in [-0.4, -0.2) is 37.6 Å². The lowest BCUT2D eigenvalue weighted by molar-refractivity contribution is 0.102. The first kappa shape index (κ1) is 25.8. The summed E-state index contributed by atoms with van der Waals surface area (Å²) in [6.45, 7) is 6.10. The van der Waals surface area contributed by atoms with Gasteiger partial charge in [0.15, 0.2) is 0 Å². The van der Waals surface area contributed by atoms with E-state index in [9.17, 15) is 13.2 Å². The third-order valence-corrected chi connectivity index (χ3v) is 9.20. The number of piperidine rings is 1. The minimum atomic E-state index is -3.95. The number of anilines is 2. The maximum absolute atomic E-state index is 12.9. The van der Waals surface area contributed by atoms with Crippen LogP contribution in [0.3, 0.4) is 0 Å². The summed E-state index contributed by atoms with van der Waals surface area (Å²) in [6, 6.07) is 11.9. The molecule has 1 aliphatic heterocycles. The van der Waals surface area contributed by atoms with E-state index in [-0.39, 0.29) is 20.1 Å². The Balaban J connectivity index is 1.39. The topological polar surface area (TPSA) is 104 Å². The van der Waals surface area contributed by atoms with E-state index >= 15 is 0 Å². The van der Waals surface area contributed by atoms with Crippen LogP contribution in [-0.2, 0) is 10.0 Å². The Morgan fingerprint density at radius 1 is 1.11 bits per heavy atom. The fourth-order valence-corrected chi connectivity index (χ4v) is 6.44. The second-order valence-electron chi connectivity index (χ2n) is 8.56. The highest BCUT2D eigenvalue weighted by molar-refractivity contribution is 7.91. The van der Waals surface area contributed by atoms with Crippen molar-refractivity contribution in [3.8, 4) is 0 Å². The zero-order valence-corrected chi connectivity index (χ0v) is 22.3. The van der Waals surface area contributed by atoms with Crippen molar-refractivity contribution in [1.29, 1.82) is 0 Å². The minimum Gasteiger partial charge on any atom is -0.372 e. The van der Waals surface area contributed by atoms with Gasteiger partial charge < -0.3 is 4.90 Å². The summed E-state index contributed by atoms with van der Waals surface area (Å²) in [6.07, 6.45) is 2.35. The highest BCUT2D eigenvalue weighted by atomic mass is 35.5. The molecule has 35 heavy (non-hydrogen) atoms. The normalized spacial score (nSPS) is 15.7. The lowest BCUT2D eigenvalue weighted by Crippen LogP contribution is -2.32. The molecule has 3 aromatic rings. The molecule has 4 rings (SSSR count). The van der Waals surface area contributed by atoms with Crippen LogP contribution in [0.25, 0.3) is 0 Å². The molecule has 1 aliphatic rings. The summed E-state index contributed by atoms with van der Waals surface area (Å²) in [5.41, 5.74) is 2.16. The van der Waals surface area contributed by atoms with Crippen LogP contribution in [0.5, 0.6) is 0 Å². The van der Waals surface area contributed by atoms with Gasteiger partial charge in [0.1, 0.15) is 0 Å². The average molecular weight is 555 g/mol. The highest BCUT2D eigenvalue weighted by Crippen LogP contribution is 2.27. The van der Waals surface area contributed by atoms with Gasteiger partial charge in [0.05, 0.1) is 10.6 Å². The number of benzene rings is 2. The Morgan fingerprint density at radius 2 is 1.80 bits per heavy atom. The lowest BCUT2D eigenvalue weighted by atomic mass is 9.98. The molecule has 0 spiro atoms. The Bertz CT molecular complexity index is 1310. The molecule has 0 saturated carbocycles. The summed E-state index contributed by atoms with van der Waals surface area (Å²) in [5.74, 6) is 0.209. The Kier molecular flexibility index (Phi) is 7.97. The van der Waals surface area contributed by atoms with Gasteiger partial charge >= 0.3 is 0 Å². The first-order valence-electron chi connectivity index (χ1n) is 11.1. The summed E-state index contributed by atoms with van der Waals surface area (Å²) < 4.78 is 28.1. The van der Waals surface area contributed by atoms with Gasteiger partial charge in [-0.05, 0) is 61.6 Å². The van der Waals surface area contributed by atoms with E-state index in [0.717, 1.165) is 41.6 Å². The van der Waals surface area contributed by atoms with E-state index in [1.165, 1.54) is 31.0 Å². The molecule has 1 unspecified atom stereocenters. The zero-order chi connectivity index (χ0) is 25.2. The smallest absolute Gasteiger partial charge is 0.270 e. The predicted molar refractivity (Wildman–Crippen MR) is 140 cm³/mol. The molecule has 1 fully saturated rings. The number of nitrogens with zero attached hydrogens (tertiary/aromatic N) is 3. The van der Waals surface area contributed by atoms with Crippen LogP contribution in [0.1, 0.15) is 48.7 Å². The molecule has 2 aromatic carbocycles. The van der Waals surface area contributed by atoms with Crippen molar-refractivity contribution in [1.82, 2.24) is 14.9 Å². The quantitative estimate of drug-likeness (QED) is 0.381. The summed E-state index contributed by atoms with van der Waals surface area (Å²) in [7, 11) is -3.95. The van der Waals surface area contributed by atoms with Gasteiger partial charge in [-0.2, -0.15) is 0 Å². The Hall–Kier alpha value is -2.24. The van der Waals surface area contributed by atoms with Gasteiger partial charge in [-0.1, -0.05) is 53.6 Å². The molecule has 0 radical (unpaired) electrons. The molecule has 0 bridgehead atoms. The number of amides is 1. The van der Waals surface area contributed by atoms with Crippen molar-refractivity contribution in [2.75, 3.05) is 23.3 Å². The number of aromatic nitrogens is 2. The monoisotopic (exact) mass is 553 g/mol.